The summed E-state index contributed by atoms with van der Waals surface area (Å²) in [6, 6.07) is 4.92. The van der Waals surface area contributed by atoms with Crippen molar-refractivity contribution in [2.75, 3.05) is 53.0 Å². The van der Waals surface area contributed by atoms with E-state index in [1.807, 2.05) is 13.8 Å². The fourth-order valence-electron chi connectivity index (χ4n) is 3.08. The van der Waals surface area contributed by atoms with Gasteiger partial charge < -0.3 is 25.2 Å². The monoisotopic (exact) mass is 524 g/mol. The number of nitrogens with zero attached hydrogens (tertiary/aromatic N) is 2. The summed E-state index contributed by atoms with van der Waals surface area (Å²) < 4.78 is 24.1. The number of hydrogen-bond donors (Lipinski definition) is 3. The minimum atomic E-state index is -0.894. The molecule has 0 amide bonds. The van der Waals surface area contributed by atoms with Gasteiger partial charge in [0.05, 0.1) is 32.0 Å². The zero-order valence-corrected chi connectivity index (χ0v) is 19.9. The molecule has 7 nitrogen and oxygen atoms in total. The fraction of sp³-hybridized carbons (Fsp3) is 0.650. The molecule has 0 spiro atoms. The van der Waals surface area contributed by atoms with Gasteiger partial charge in [-0.2, -0.15) is 0 Å². The Balaban J connectivity index is 0.00000420. The number of hydrogen-bond acceptors (Lipinski definition) is 5. The predicted molar refractivity (Wildman–Crippen MR) is 123 cm³/mol. The lowest BCUT2D eigenvalue weighted by molar-refractivity contribution is -0.0201. The minimum Gasteiger partial charge on any atom is -0.387 e. The molecule has 1 fully saturated rings. The van der Waals surface area contributed by atoms with E-state index in [0.717, 1.165) is 18.7 Å². The van der Waals surface area contributed by atoms with E-state index in [2.05, 4.69) is 20.5 Å². The number of morpholine rings is 1. The van der Waals surface area contributed by atoms with Gasteiger partial charge >= 0.3 is 0 Å². The molecule has 1 unspecified atom stereocenters. The van der Waals surface area contributed by atoms with E-state index in [0.29, 0.717) is 50.9 Å². The average molecular weight is 524 g/mol. The quantitative estimate of drug-likeness (QED) is 0.260. The molecule has 0 aliphatic carbocycles. The molecule has 0 radical (unpaired) electrons. The molecule has 1 aliphatic rings. The van der Waals surface area contributed by atoms with Gasteiger partial charge in [-0.15, -0.1) is 24.0 Å². The third-order valence-electron chi connectivity index (χ3n) is 4.48. The molecule has 1 aromatic carbocycles. The van der Waals surface area contributed by atoms with E-state index >= 15 is 0 Å². The van der Waals surface area contributed by atoms with E-state index in [-0.39, 0.29) is 36.4 Å². The molecule has 0 bridgehead atoms. The lowest BCUT2D eigenvalue weighted by atomic mass is 10.1. The van der Waals surface area contributed by atoms with Crippen LogP contribution in [0.2, 0.25) is 0 Å². The van der Waals surface area contributed by atoms with Crippen LogP contribution in [0.3, 0.4) is 0 Å². The molecule has 1 heterocycles. The second-order valence-electron chi connectivity index (χ2n) is 7.29. The van der Waals surface area contributed by atoms with E-state index < -0.39 is 5.60 Å². The number of methoxy groups -OCH3 is 1. The average Bonchev–Trinajstić information content (AvgIpc) is 2.67. The van der Waals surface area contributed by atoms with Crippen LogP contribution in [0.4, 0.5) is 4.39 Å². The Morgan fingerprint density at radius 2 is 2.07 bits per heavy atom. The maximum atomic E-state index is 13.7. The van der Waals surface area contributed by atoms with Crippen molar-refractivity contribution >= 4 is 29.9 Å². The largest absolute Gasteiger partial charge is 0.387 e. The van der Waals surface area contributed by atoms with E-state index in [1.165, 1.54) is 6.07 Å². The van der Waals surface area contributed by atoms with Crippen molar-refractivity contribution in [2.45, 2.75) is 32.6 Å². The van der Waals surface area contributed by atoms with Gasteiger partial charge in [-0.1, -0.05) is 6.07 Å². The molecule has 1 saturated heterocycles. The third-order valence-corrected chi connectivity index (χ3v) is 4.48. The van der Waals surface area contributed by atoms with Crippen LogP contribution in [0.15, 0.2) is 23.2 Å². The highest BCUT2D eigenvalue weighted by Crippen LogP contribution is 2.13. The maximum Gasteiger partial charge on any atom is 0.191 e. The topological polar surface area (TPSA) is 78.4 Å². The van der Waals surface area contributed by atoms with Crippen LogP contribution in [0.1, 0.15) is 25.0 Å². The number of β-amino-alcohol motifs (C(OH)–C–C–N with tert-alkyl or cyclic N) is 1. The molecule has 1 aromatic rings. The van der Waals surface area contributed by atoms with Gasteiger partial charge in [0, 0.05) is 45.4 Å². The van der Waals surface area contributed by atoms with Gasteiger partial charge in [0.2, 0.25) is 0 Å². The van der Waals surface area contributed by atoms with Crippen LogP contribution >= 0.6 is 24.0 Å². The molecule has 1 atom stereocenters. The van der Waals surface area contributed by atoms with Crippen LogP contribution in [0.5, 0.6) is 0 Å². The van der Waals surface area contributed by atoms with Gasteiger partial charge in [0.15, 0.2) is 5.96 Å². The van der Waals surface area contributed by atoms with E-state index in [9.17, 15) is 9.50 Å². The first-order valence-corrected chi connectivity index (χ1v) is 9.74. The summed E-state index contributed by atoms with van der Waals surface area (Å²) in [6.07, 6.45) is 0. The molecule has 166 valence electrons. The first-order valence-electron chi connectivity index (χ1n) is 9.74. The van der Waals surface area contributed by atoms with Crippen LogP contribution in [0, 0.1) is 5.82 Å². The van der Waals surface area contributed by atoms with Crippen molar-refractivity contribution in [1.82, 2.24) is 15.5 Å². The van der Waals surface area contributed by atoms with Crippen molar-refractivity contribution < 1.29 is 19.0 Å². The molecule has 3 N–H and O–H groups in total. The van der Waals surface area contributed by atoms with Gasteiger partial charge in [-0.05, 0) is 31.5 Å². The number of aliphatic hydroxyl groups is 1. The molecule has 29 heavy (non-hydrogen) atoms. The maximum absolute atomic E-state index is 13.7. The van der Waals surface area contributed by atoms with E-state index in [1.54, 1.807) is 19.2 Å². The van der Waals surface area contributed by atoms with E-state index in [4.69, 9.17) is 9.47 Å². The highest BCUT2D eigenvalue weighted by molar-refractivity contribution is 14.0. The first kappa shape index (κ1) is 26.0. The summed E-state index contributed by atoms with van der Waals surface area (Å²) in [7, 11) is 1.54. The van der Waals surface area contributed by atoms with Crippen LogP contribution in [-0.4, -0.2) is 74.6 Å². The first-order chi connectivity index (χ1) is 13.4. The summed E-state index contributed by atoms with van der Waals surface area (Å²) in [4.78, 5) is 6.75. The Hall–Kier alpha value is -1.01. The summed E-state index contributed by atoms with van der Waals surface area (Å²) >= 11 is 0. The molecular weight excluding hydrogens is 490 g/mol. The summed E-state index contributed by atoms with van der Waals surface area (Å²) in [5.74, 6) is 0.334. The molecular formula is C20H34FIN4O3. The lowest BCUT2D eigenvalue weighted by Crippen LogP contribution is -2.52. The Morgan fingerprint density at radius 3 is 2.72 bits per heavy atom. The van der Waals surface area contributed by atoms with Crippen LogP contribution < -0.4 is 10.6 Å². The highest BCUT2D eigenvalue weighted by atomic mass is 127. The molecule has 9 heteroatoms. The van der Waals surface area contributed by atoms with Gasteiger partial charge in [0.1, 0.15) is 5.82 Å². The second-order valence-corrected chi connectivity index (χ2v) is 7.29. The normalized spacial score (nSPS) is 17.3. The number of nitrogens with one attached hydrogen (secondary N) is 2. The van der Waals surface area contributed by atoms with Crippen LogP contribution in [-0.2, 0) is 22.6 Å². The smallest absolute Gasteiger partial charge is 0.191 e. The number of halogens is 2. The van der Waals surface area contributed by atoms with Gasteiger partial charge in [-0.25, -0.2) is 9.38 Å². The summed E-state index contributed by atoms with van der Waals surface area (Å²) in [6.45, 7) is 9.15. The molecule has 0 aromatic heterocycles. The summed E-state index contributed by atoms with van der Waals surface area (Å²) in [5.41, 5.74) is 0.516. The van der Waals surface area contributed by atoms with Crippen molar-refractivity contribution in [3.63, 3.8) is 0 Å². The van der Waals surface area contributed by atoms with Gasteiger partial charge in [-0.3, -0.25) is 4.90 Å². The SMILES string of the molecule is CCNC(=NCc1ccc(F)c(COC)c1)NCC(C)(O)CN1CCOCC1.I. The number of benzene rings is 1. The fourth-order valence-corrected chi connectivity index (χ4v) is 3.08. The Morgan fingerprint density at radius 1 is 1.34 bits per heavy atom. The Bertz CT molecular complexity index is 640. The lowest BCUT2D eigenvalue weighted by Gasteiger charge is -2.34. The number of aliphatic imine (C=N–C) groups is 1. The van der Waals surface area contributed by atoms with Gasteiger partial charge in [0.25, 0.3) is 0 Å². The zero-order valence-electron chi connectivity index (χ0n) is 17.5. The van der Waals surface area contributed by atoms with Crippen molar-refractivity contribution in [3.05, 3.63) is 35.1 Å². The standard InChI is InChI=1S/C20H33FN4O3.HI/c1-4-22-19(23-12-16-5-6-18(21)17(11-16)13-27-3)24-14-20(2,26)15-25-7-9-28-10-8-25;/h5-6,11,26H,4,7-10,12-15H2,1-3H3,(H2,22,23,24);1H. The molecule has 1 aliphatic heterocycles. The van der Waals surface area contributed by atoms with Crippen molar-refractivity contribution in [3.8, 4) is 0 Å². The predicted octanol–water partition coefficient (Wildman–Crippen LogP) is 1.73. The number of guanidine groups is 1. The molecule has 2 rings (SSSR count). The van der Waals surface area contributed by atoms with Crippen molar-refractivity contribution in [1.29, 1.82) is 0 Å². The summed E-state index contributed by atoms with van der Waals surface area (Å²) in [5, 5.41) is 17.1. The second kappa shape index (κ2) is 13.3. The Kier molecular flexibility index (Phi) is 12.0. The zero-order chi connectivity index (χ0) is 20.4. The number of rotatable bonds is 9. The van der Waals surface area contributed by atoms with Crippen LogP contribution in [0.25, 0.3) is 0 Å². The third kappa shape index (κ3) is 9.56. The Labute approximate surface area is 190 Å². The minimum absolute atomic E-state index is 0. The number of ether oxygens (including phenoxy) is 2. The van der Waals surface area contributed by atoms with Crippen molar-refractivity contribution in [2.24, 2.45) is 4.99 Å². The highest BCUT2D eigenvalue weighted by Gasteiger charge is 2.25. The molecule has 0 saturated carbocycles.